The molecule has 1 fully saturated rings. The van der Waals surface area contributed by atoms with Crippen LogP contribution in [0.4, 0.5) is 0 Å². The molecule has 3 heterocycles. The summed E-state index contributed by atoms with van der Waals surface area (Å²) in [7, 11) is 0. The first-order chi connectivity index (χ1) is 13.8. The van der Waals surface area contributed by atoms with E-state index in [1.54, 1.807) is 12.5 Å². The minimum atomic E-state index is 0. The zero-order valence-corrected chi connectivity index (χ0v) is 19.6. The molecule has 1 aliphatic rings. The molecule has 160 valence electrons. The van der Waals surface area contributed by atoms with Gasteiger partial charge in [0, 0.05) is 25.4 Å². The number of aliphatic imine (C=N–C) groups is 1. The van der Waals surface area contributed by atoms with Gasteiger partial charge in [0.05, 0.1) is 25.5 Å². The van der Waals surface area contributed by atoms with Gasteiger partial charge in [0.25, 0.3) is 0 Å². The zero-order valence-electron chi connectivity index (χ0n) is 17.3. The number of pyridine rings is 1. The highest BCUT2D eigenvalue weighted by Gasteiger charge is 2.25. The Bertz CT molecular complexity index is 732. The van der Waals surface area contributed by atoms with E-state index < -0.39 is 0 Å². The highest BCUT2D eigenvalue weighted by atomic mass is 127. The summed E-state index contributed by atoms with van der Waals surface area (Å²) in [5.74, 6) is 2.44. The lowest BCUT2D eigenvalue weighted by Crippen LogP contribution is -2.42. The van der Waals surface area contributed by atoms with Crippen LogP contribution in [0.1, 0.15) is 44.1 Å². The molecule has 29 heavy (non-hydrogen) atoms. The number of rotatable bonds is 9. The molecule has 1 atom stereocenters. The minimum absolute atomic E-state index is 0. The van der Waals surface area contributed by atoms with E-state index in [2.05, 4.69) is 33.5 Å². The van der Waals surface area contributed by atoms with Crippen LogP contribution < -0.4 is 15.4 Å². The van der Waals surface area contributed by atoms with Gasteiger partial charge < -0.3 is 19.8 Å². The molecule has 8 heteroatoms. The molecule has 1 aliphatic heterocycles. The fourth-order valence-electron chi connectivity index (χ4n) is 3.42. The molecule has 0 bridgehead atoms. The van der Waals surface area contributed by atoms with Crippen LogP contribution >= 0.6 is 24.0 Å². The Kier molecular flexibility index (Phi) is 10.3. The summed E-state index contributed by atoms with van der Waals surface area (Å²) in [6.45, 7) is 8.97. The molecule has 2 aromatic rings. The number of guanidine groups is 1. The Morgan fingerprint density at radius 2 is 2.10 bits per heavy atom. The number of hydrogen-bond donors (Lipinski definition) is 2. The van der Waals surface area contributed by atoms with Gasteiger partial charge in [-0.25, -0.2) is 9.98 Å². The molecular weight excluding hydrogens is 481 g/mol. The van der Waals surface area contributed by atoms with E-state index in [0.29, 0.717) is 19.0 Å². The standard InChI is InChI=1S/C21H31N5O2.HI/c1-3-22-21(24-15-17-9-10-23-20(14-17)27-4-2)25-16-18(19-8-7-13-28-19)26-11-5-6-12-26;/h7-10,13-14,18H,3-6,11-12,15-16H2,1-2H3,(H2,22,24,25);1H. The number of aromatic nitrogens is 1. The van der Waals surface area contributed by atoms with Crippen LogP contribution in [0.15, 0.2) is 46.1 Å². The van der Waals surface area contributed by atoms with Crippen LogP contribution in [0.3, 0.4) is 0 Å². The number of furan rings is 1. The van der Waals surface area contributed by atoms with Gasteiger partial charge in [0.1, 0.15) is 5.76 Å². The monoisotopic (exact) mass is 513 g/mol. The van der Waals surface area contributed by atoms with Crippen molar-refractivity contribution in [3.63, 3.8) is 0 Å². The van der Waals surface area contributed by atoms with Crippen LogP contribution in [0, 0.1) is 0 Å². The van der Waals surface area contributed by atoms with Crippen molar-refractivity contribution >= 4 is 29.9 Å². The van der Waals surface area contributed by atoms with Crippen molar-refractivity contribution in [2.75, 3.05) is 32.8 Å². The Morgan fingerprint density at radius 1 is 1.28 bits per heavy atom. The van der Waals surface area contributed by atoms with Gasteiger partial charge in [-0.1, -0.05) is 0 Å². The highest BCUT2D eigenvalue weighted by molar-refractivity contribution is 14.0. The second-order valence-electron chi connectivity index (χ2n) is 6.79. The number of nitrogens with one attached hydrogen (secondary N) is 2. The normalized spacial score (nSPS) is 15.6. The van der Waals surface area contributed by atoms with Gasteiger partial charge >= 0.3 is 0 Å². The Balaban J connectivity index is 0.00000300. The predicted molar refractivity (Wildman–Crippen MR) is 126 cm³/mol. The average molecular weight is 513 g/mol. The molecule has 0 amide bonds. The Labute approximate surface area is 190 Å². The van der Waals surface area contributed by atoms with Gasteiger partial charge in [-0.3, -0.25) is 4.90 Å². The SMILES string of the molecule is CCNC(=NCc1ccnc(OCC)c1)NCC(c1ccco1)N1CCCC1.I. The lowest BCUT2D eigenvalue weighted by Gasteiger charge is -2.26. The average Bonchev–Trinajstić information content (AvgIpc) is 3.41. The summed E-state index contributed by atoms with van der Waals surface area (Å²) < 4.78 is 11.2. The van der Waals surface area contributed by atoms with E-state index >= 15 is 0 Å². The first kappa shape index (κ1) is 23.5. The molecule has 0 saturated carbocycles. The molecule has 7 nitrogen and oxygen atoms in total. The Morgan fingerprint density at radius 3 is 2.79 bits per heavy atom. The summed E-state index contributed by atoms with van der Waals surface area (Å²) in [6, 6.07) is 8.13. The molecule has 1 saturated heterocycles. The largest absolute Gasteiger partial charge is 0.478 e. The van der Waals surface area contributed by atoms with Gasteiger partial charge in [-0.15, -0.1) is 24.0 Å². The number of ether oxygens (including phenoxy) is 1. The van der Waals surface area contributed by atoms with Crippen molar-refractivity contribution in [3.05, 3.63) is 48.0 Å². The smallest absolute Gasteiger partial charge is 0.213 e. The summed E-state index contributed by atoms with van der Waals surface area (Å²) in [6.07, 6.45) is 6.00. The third kappa shape index (κ3) is 7.18. The van der Waals surface area contributed by atoms with Gasteiger partial charge in [-0.2, -0.15) is 0 Å². The van der Waals surface area contributed by atoms with Gasteiger partial charge in [0.2, 0.25) is 5.88 Å². The van der Waals surface area contributed by atoms with Crippen molar-refractivity contribution in [3.8, 4) is 5.88 Å². The van der Waals surface area contributed by atoms with Crippen molar-refractivity contribution in [2.24, 2.45) is 4.99 Å². The van der Waals surface area contributed by atoms with Crippen molar-refractivity contribution in [1.29, 1.82) is 0 Å². The number of halogens is 1. The maximum atomic E-state index is 5.70. The molecule has 2 aromatic heterocycles. The predicted octanol–water partition coefficient (Wildman–Crippen LogP) is 3.58. The number of likely N-dealkylation sites (tertiary alicyclic amines) is 1. The fraction of sp³-hybridized carbons (Fsp3) is 0.524. The van der Waals surface area contributed by atoms with E-state index in [-0.39, 0.29) is 30.0 Å². The summed E-state index contributed by atoms with van der Waals surface area (Å²) in [5, 5.41) is 6.81. The second-order valence-corrected chi connectivity index (χ2v) is 6.79. The van der Waals surface area contributed by atoms with Crippen LogP contribution in [0.25, 0.3) is 0 Å². The first-order valence-electron chi connectivity index (χ1n) is 10.2. The molecule has 1 unspecified atom stereocenters. The second kappa shape index (κ2) is 12.7. The molecule has 0 aromatic carbocycles. The van der Waals surface area contributed by atoms with Crippen LogP contribution in [-0.2, 0) is 6.54 Å². The molecule has 3 rings (SSSR count). The third-order valence-corrected chi connectivity index (χ3v) is 4.77. The van der Waals surface area contributed by atoms with Crippen LogP contribution in [0.2, 0.25) is 0 Å². The summed E-state index contributed by atoms with van der Waals surface area (Å²) >= 11 is 0. The molecule has 0 radical (unpaired) electrons. The molecule has 2 N–H and O–H groups in total. The Hall–Kier alpha value is -1.81. The molecule has 0 aliphatic carbocycles. The lowest BCUT2D eigenvalue weighted by molar-refractivity contribution is 0.215. The van der Waals surface area contributed by atoms with E-state index in [9.17, 15) is 0 Å². The number of nitrogens with zero attached hydrogens (tertiary/aromatic N) is 3. The maximum absolute atomic E-state index is 5.70. The van der Waals surface area contributed by atoms with E-state index in [1.807, 2.05) is 25.1 Å². The summed E-state index contributed by atoms with van der Waals surface area (Å²) in [5.41, 5.74) is 1.07. The van der Waals surface area contributed by atoms with E-state index in [4.69, 9.17) is 14.1 Å². The third-order valence-electron chi connectivity index (χ3n) is 4.77. The highest BCUT2D eigenvalue weighted by Crippen LogP contribution is 2.24. The maximum Gasteiger partial charge on any atom is 0.213 e. The minimum Gasteiger partial charge on any atom is -0.478 e. The van der Waals surface area contributed by atoms with E-state index in [1.165, 1.54) is 12.8 Å². The topological polar surface area (TPSA) is 74.9 Å². The number of hydrogen-bond acceptors (Lipinski definition) is 5. The fourth-order valence-corrected chi connectivity index (χ4v) is 3.42. The van der Waals surface area contributed by atoms with Crippen molar-refractivity contribution in [1.82, 2.24) is 20.5 Å². The van der Waals surface area contributed by atoms with Crippen molar-refractivity contribution < 1.29 is 9.15 Å². The van der Waals surface area contributed by atoms with E-state index in [0.717, 1.165) is 43.5 Å². The van der Waals surface area contributed by atoms with Gasteiger partial charge in [0.15, 0.2) is 5.96 Å². The quantitative estimate of drug-likeness (QED) is 0.304. The molecule has 0 spiro atoms. The first-order valence-corrected chi connectivity index (χ1v) is 10.2. The van der Waals surface area contributed by atoms with Crippen LogP contribution in [-0.4, -0.2) is 48.6 Å². The summed E-state index contributed by atoms with van der Waals surface area (Å²) in [4.78, 5) is 11.4. The van der Waals surface area contributed by atoms with Crippen molar-refractivity contribution in [2.45, 2.75) is 39.3 Å². The zero-order chi connectivity index (χ0) is 19.6. The van der Waals surface area contributed by atoms with Gasteiger partial charge in [-0.05, 0) is 63.5 Å². The van der Waals surface area contributed by atoms with Crippen LogP contribution in [0.5, 0.6) is 5.88 Å². The molecular formula is C21H32IN5O2. The lowest BCUT2D eigenvalue weighted by atomic mass is 10.2.